The highest BCUT2D eigenvalue weighted by Gasteiger charge is 2.69. The third kappa shape index (κ3) is 7.29. The quantitative estimate of drug-likeness (QED) is 0.150. The van der Waals surface area contributed by atoms with Crippen LogP contribution in [-0.2, 0) is 61.9 Å². The Morgan fingerprint density at radius 1 is 0.829 bits per heavy atom. The van der Waals surface area contributed by atoms with Crippen molar-refractivity contribution < 1.29 is 67.0 Å². The predicted molar refractivity (Wildman–Crippen MR) is 137 cm³/mol. The van der Waals surface area contributed by atoms with Gasteiger partial charge < -0.3 is 43.2 Å². The summed E-state index contributed by atoms with van der Waals surface area (Å²) >= 11 is 5.59. The molecule has 2 rings (SSSR count). The van der Waals surface area contributed by atoms with E-state index >= 15 is 0 Å². The molecule has 0 aliphatic carbocycles. The fourth-order valence-corrected chi connectivity index (χ4v) is 5.34. The minimum absolute atomic E-state index is 0.135. The van der Waals surface area contributed by atoms with E-state index in [9.17, 15) is 33.9 Å². The van der Waals surface area contributed by atoms with Gasteiger partial charge in [0.05, 0.1) is 13.2 Å². The average Bonchev–Trinajstić information content (AvgIpc) is 3.06. The summed E-state index contributed by atoms with van der Waals surface area (Å²) in [5.74, 6) is -5.54. The van der Waals surface area contributed by atoms with Crippen molar-refractivity contribution in [1.82, 2.24) is 4.90 Å². The zero-order valence-electron chi connectivity index (χ0n) is 23.8. The topological polar surface area (TPSA) is 190 Å². The minimum atomic E-state index is -2.32. The molecule has 1 N–H and O–H groups in total. The van der Waals surface area contributed by atoms with Gasteiger partial charge in [0, 0.05) is 34.1 Å². The van der Waals surface area contributed by atoms with Gasteiger partial charge in [-0.1, -0.05) is 12.2 Å². The number of thiocarbonyl (C=S) groups is 1. The molecule has 15 nitrogen and oxygen atoms in total. The molecule has 6 atom stereocenters. The number of esters is 6. The molecular weight excluding hydrogens is 570 g/mol. The number of carbonyl (C=O) groups is 6. The van der Waals surface area contributed by atoms with Crippen LogP contribution in [0.3, 0.4) is 0 Å². The molecule has 2 aliphatic heterocycles. The maximum Gasteiger partial charge on any atom is 0.330 e. The first-order valence-electron chi connectivity index (χ1n) is 12.7. The average molecular weight is 606 g/mol. The van der Waals surface area contributed by atoms with Crippen LogP contribution in [0.5, 0.6) is 0 Å². The second-order valence-corrected chi connectivity index (χ2v) is 9.89. The monoisotopic (exact) mass is 605 g/mol. The van der Waals surface area contributed by atoms with Crippen molar-refractivity contribution in [2.24, 2.45) is 5.41 Å². The molecule has 0 amide bonds. The summed E-state index contributed by atoms with van der Waals surface area (Å²) in [5.41, 5.74) is -4.47. The van der Waals surface area contributed by atoms with Gasteiger partial charge in [-0.3, -0.25) is 28.8 Å². The summed E-state index contributed by atoms with van der Waals surface area (Å²) in [6.45, 7) is 7.67. The van der Waals surface area contributed by atoms with Crippen molar-refractivity contribution in [3.05, 3.63) is 0 Å². The van der Waals surface area contributed by atoms with Crippen LogP contribution in [0.25, 0.3) is 0 Å². The highest BCUT2D eigenvalue weighted by atomic mass is 32.1. The van der Waals surface area contributed by atoms with Gasteiger partial charge in [-0.2, -0.15) is 0 Å². The normalized spacial score (nSPS) is 28.7. The summed E-state index contributed by atoms with van der Waals surface area (Å²) in [5, 5.41) is 11.6. The first kappa shape index (κ1) is 33.8. The molecule has 0 bridgehead atoms. The van der Waals surface area contributed by atoms with Gasteiger partial charge in [-0.05, 0) is 20.8 Å². The smallest absolute Gasteiger partial charge is 0.330 e. The van der Waals surface area contributed by atoms with Gasteiger partial charge in [0.25, 0.3) is 0 Å². The van der Waals surface area contributed by atoms with E-state index in [0.717, 1.165) is 32.6 Å². The zero-order chi connectivity index (χ0) is 31.3. The summed E-state index contributed by atoms with van der Waals surface area (Å²) < 4.78 is 37.6. The van der Waals surface area contributed by atoms with Crippen LogP contribution in [0.4, 0.5) is 0 Å². The molecule has 0 aromatic rings. The Balaban J connectivity index is 2.77. The van der Waals surface area contributed by atoms with Crippen LogP contribution in [0.15, 0.2) is 0 Å². The summed E-state index contributed by atoms with van der Waals surface area (Å²) in [6.07, 6.45) is -8.41. The lowest BCUT2D eigenvalue weighted by atomic mass is 9.84. The number of nitrogens with zero attached hydrogens (tertiary/aromatic N) is 1. The first-order valence-corrected chi connectivity index (χ1v) is 13.1. The van der Waals surface area contributed by atoms with Crippen molar-refractivity contribution >= 4 is 53.0 Å². The van der Waals surface area contributed by atoms with E-state index in [-0.39, 0.29) is 13.2 Å². The molecule has 230 valence electrons. The van der Waals surface area contributed by atoms with E-state index in [1.165, 1.54) is 20.8 Å². The number of rotatable bonds is 10. The van der Waals surface area contributed by atoms with Crippen molar-refractivity contribution in [2.45, 2.75) is 91.3 Å². The van der Waals surface area contributed by atoms with E-state index in [2.05, 4.69) is 0 Å². The van der Waals surface area contributed by atoms with Crippen molar-refractivity contribution in [3.8, 4) is 0 Å². The van der Waals surface area contributed by atoms with Crippen LogP contribution in [0.1, 0.15) is 54.9 Å². The fourth-order valence-electron chi connectivity index (χ4n) is 4.80. The number of ether oxygens (including phenoxy) is 7. The maximum absolute atomic E-state index is 13.2. The molecule has 2 saturated heterocycles. The highest BCUT2D eigenvalue weighted by molar-refractivity contribution is 7.80. The fraction of sp³-hybridized carbons (Fsp3) is 0.720. The lowest BCUT2D eigenvalue weighted by molar-refractivity contribution is -0.287. The molecule has 0 saturated carbocycles. The highest BCUT2D eigenvalue weighted by Crippen LogP contribution is 2.48. The van der Waals surface area contributed by atoms with Gasteiger partial charge in [0.15, 0.2) is 24.5 Å². The van der Waals surface area contributed by atoms with E-state index in [1.54, 1.807) is 0 Å². The summed E-state index contributed by atoms with van der Waals surface area (Å²) in [4.78, 5) is 74.9. The Hall–Kier alpha value is -3.37. The van der Waals surface area contributed by atoms with Crippen molar-refractivity contribution in [2.75, 3.05) is 19.8 Å². The summed E-state index contributed by atoms with van der Waals surface area (Å²) in [7, 11) is 0. The molecule has 16 heteroatoms. The molecule has 0 radical (unpaired) electrons. The van der Waals surface area contributed by atoms with Crippen molar-refractivity contribution in [1.29, 1.82) is 0 Å². The third-order valence-corrected chi connectivity index (χ3v) is 6.72. The Morgan fingerprint density at radius 3 is 1.73 bits per heavy atom. The molecule has 2 fully saturated rings. The van der Waals surface area contributed by atoms with Gasteiger partial charge in [0.1, 0.15) is 23.4 Å². The second kappa shape index (κ2) is 13.5. The number of hydrogen-bond acceptors (Lipinski definition) is 15. The Kier molecular flexibility index (Phi) is 11.2. The summed E-state index contributed by atoms with van der Waals surface area (Å²) in [6, 6.07) is 0. The Morgan fingerprint density at radius 2 is 1.29 bits per heavy atom. The van der Waals surface area contributed by atoms with Crippen molar-refractivity contribution in [3.63, 3.8) is 0 Å². The predicted octanol–water partition coefficient (Wildman–Crippen LogP) is -0.0763. The lowest BCUT2D eigenvalue weighted by Gasteiger charge is -2.49. The standard InChI is InChI=1S/C25H35NO14S/c1-8-34-22(31)25(23(32)35-9-2)11-24(7,33)26(21(25)41)20-19(39-15(6)30)18(38-14(5)29)17(37-13(4)28)16(40-20)10-36-12(3)27/h16-20,33H,8-11H2,1-7H3/t16-,17-,18+,19-,20-,24+/m1/s1. The molecule has 0 unspecified atom stereocenters. The Bertz CT molecular complexity index is 1060. The molecule has 2 aliphatic rings. The van der Waals surface area contributed by atoms with Gasteiger partial charge in [-0.25, -0.2) is 0 Å². The lowest BCUT2D eigenvalue weighted by Crippen LogP contribution is -2.68. The van der Waals surface area contributed by atoms with Gasteiger partial charge >= 0.3 is 35.8 Å². The molecule has 2 heterocycles. The number of hydrogen-bond donors (Lipinski definition) is 1. The first-order chi connectivity index (χ1) is 19.0. The largest absolute Gasteiger partial charge is 0.465 e. The van der Waals surface area contributed by atoms with E-state index in [4.69, 9.17) is 45.4 Å². The minimum Gasteiger partial charge on any atom is -0.465 e. The SMILES string of the molecule is CCOC(=O)C1(C(=O)OCC)C[C@](C)(O)N([C@@H]2O[C@H](COC(C)=O)[C@@H](OC(C)=O)[C@H](OC(C)=O)[C@H]2OC(C)=O)C1=S. The third-order valence-electron chi connectivity index (χ3n) is 6.17. The number of likely N-dealkylation sites (tertiary alicyclic amines) is 1. The molecule has 0 spiro atoms. The number of aliphatic hydroxyl groups is 1. The van der Waals surface area contributed by atoms with Crippen LogP contribution < -0.4 is 0 Å². The maximum atomic E-state index is 13.2. The van der Waals surface area contributed by atoms with Gasteiger partial charge in [-0.15, -0.1) is 0 Å². The molecular formula is C25H35NO14S. The molecule has 0 aromatic heterocycles. The van der Waals surface area contributed by atoms with E-state index in [0.29, 0.717) is 0 Å². The van der Waals surface area contributed by atoms with E-state index < -0.39 is 95.6 Å². The van der Waals surface area contributed by atoms with Crippen LogP contribution in [-0.4, -0.2) is 107 Å². The van der Waals surface area contributed by atoms with E-state index in [1.807, 2.05) is 0 Å². The van der Waals surface area contributed by atoms with Gasteiger partial charge in [0.2, 0.25) is 5.41 Å². The molecule has 41 heavy (non-hydrogen) atoms. The number of carbonyl (C=O) groups excluding carboxylic acids is 6. The van der Waals surface area contributed by atoms with Crippen LogP contribution >= 0.6 is 12.2 Å². The molecule has 0 aromatic carbocycles. The van der Waals surface area contributed by atoms with Crippen LogP contribution in [0.2, 0.25) is 0 Å². The Labute approximate surface area is 241 Å². The van der Waals surface area contributed by atoms with Crippen LogP contribution in [0, 0.1) is 5.41 Å². The zero-order valence-corrected chi connectivity index (χ0v) is 24.6. The second-order valence-electron chi connectivity index (χ2n) is 9.51.